The van der Waals surface area contributed by atoms with Gasteiger partial charge in [0.05, 0.1) is 0 Å². The lowest BCUT2D eigenvalue weighted by molar-refractivity contribution is -0.161. The molecule has 1 aliphatic carbocycles. The first-order chi connectivity index (χ1) is 14.0. The Bertz CT molecular complexity index is 928. The van der Waals surface area contributed by atoms with Crippen molar-refractivity contribution in [3.63, 3.8) is 0 Å². The largest absolute Gasteiger partial charge is 0.448 e. The van der Waals surface area contributed by atoms with E-state index in [4.69, 9.17) is 10.5 Å². The number of carbonyl (C=O) groups is 3. The molecule has 4 rings (SSSR count). The molecule has 2 aliphatic rings. The van der Waals surface area contributed by atoms with Crippen molar-refractivity contribution in [2.75, 3.05) is 13.2 Å². The minimum atomic E-state index is -1.02. The van der Waals surface area contributed by atoms with Gasteiger partial charge in [-0.25, -0.2) is 9.59 Å². The molecule has 1 heterocycles. The standard InChI is InChI=1S/C22H22N2O5/c1-13(25)29-21(26)20-19(23)10-11-24(20)22(27)28-12-18-16-8-4-2-6-14(16)15-7-3-5-9-17(15)18/h2-9,18-20H,10-12,23H2,1H3. The minimum absolute atomic E-state index is 0.0785. The molecule has 2 aromatic carbocycles. The van der Waals surface area contributed by atoms with Gasteiger partial charge in [-0.05, 0) is 28.7 Å². The van der Waals surface area contributed by atoms with Crippen molar-refractivity contribution in [2.24, 2.45) is 5.73 Å². The van der Waals surface area contributed by atoms with Crippen LogP contribution in [0, 0.1) is 0 Å². The number of hydrogen-bond donors (Lipinski definition) is 1. The van der Waals surface area contributed by atoms with E-state index in [1.807, 2.05) is 36.4 Å². The van der Waals surface area contributed by atoms with Crippen LogP contribution < -0.4 is 5.73 Å². The van der Waals surface area contributed by atoms with E-state index in [1.54, 1.807) is 0 Å². The van der Waals surface area contributed by atoms with E-state index in [-0.39, 0.29) is 19.1 Å². The number of esters is 2. The van der Waals surface area contributed by atoms with Crippen molar-refractivity contribution >= 4 is 18.0 Å². The highest BCUT2D eigenvalue weighted by molar-refractivity contribution is 5.90. The van der Waals surface area contributed by atoms with Crippen LogP contribution in [0.25, 0.3) is 11.1 Å². The number of hydrogen-bond acceptors (Lipinski definition) is 6. The van der Waals surface area contributed by atoms with E-state index in [0.717, 1.165) is 29.2 Å². The van der Waals surface area contributed by atoms with Gasteiger partial charge in [0.2, 0.25) is 0 Å². The van der Waals surface area contributed by atoms with E-state index in [1.165, 1.54) is 4.90 Å². The summed E-state index contributed by atoms with van der Waals surface area (Å²) in [6, 6.07) is 14.5. The van der Waals surface area contributed by atoms with Crippen LogP contribution in [0.5, 0.6) is 0 Å². The summed E-state index contributed by atoms with van der Waals surface area (Å²) in [6.07, 6.45) is -0.202. The predicted molar refractivity (Wildman–Crippen MR) is 105 cm³/mol. The number of amides is 1. The smallest absolute Gasteiger partial charge is 0.410 e. The minimum Gasteiger partial charge on any atom is -0.448 e. The first kappa shape index (κ1) is 19.1. The van der Waals surface area contributed by atoms with E-state index in [2.05, 4.69) is 16.9 Å². The van der Waals surface area contributed by atoms with Crippen LogP contribution in [-0.2, 0) is 19.1 Å². The highest BCUT2D eigenvalue weighted by atomic mass is 16.6. The Kier molecular flexibility index (Phi) is 5.07. The van der Waals surface area contributed by atoms with Gasteiger partial charge in [0, 0.05) is 25.4 Å². The summed E-state index contributed by atoms with van der Waals surface area (Å²) in [6.45, 7) is 1.55. The van der Waals surface area contributed by atoms with Crippen LogP contribution in [0.3, 0.4) is 0 Å². The van der Waals surface area contributed by atoms with Gasteiger partial charge in [0.25, 0.3) is 0 Å². The number of nitrogens with two attached hydrogens (primary N) is 1. The summed E-state index contributed by atoms with van der Waals surface area (Å²) < 4.78 is 10.2. The molecular weight excluding hydrogens is 372 g/mol. The van der Waals surface area contributed by atoms with Crippen molar-refractivity contribution in [3.05, 3.63) is 59.7 Å². The lowest BCUT2D eigenvalue weighted by Gasteiger charge is -2.25. The van der Waals surface area contributed by atoms with Crippen LogP contribution in [0.4, 0.5) is 4.79 Å². The van der Waals surface area contributed by atoms with E-state index in [0.29, 0.717) is 6.42 Å². The molecule has 2 aromatic rings. The maximum atomic E-state index is 12.7. The maximum absolute atomic E-state index is 12.7. The molecular formula is C22H22N2O5. The Hall–Kier alpha value is -3.19. The third-order valence-electron chi connectivity index (χ3n) is 5.50. The number of nitrogens with zero attached hydrogens (tertiary/aromatic N) is 1. The molecule has 150 valence electrons. The Morgan fingerprint density at radius 3 is 2.21 bits per heavy atom. The molecule has 2 N–H and O–H groups in total. The molecule has 29 heavy (non-hydrogen) atoms. The monoisotopic (exact) mass is 394 g/mol. The van der Waals surface area contributed by atoms with Gasteiger partial charge in [-0.2, -0.15) is 0 Å². The number of carbonyl (C=O) groups excluding carboxylic acids is 3. The maximum Gasteiger partial charge on any atom is 0.410 e. The van der Waals surface area contributed by atoms with Gasteiger partial charge in [0.1, 0.15) is 12.6 Å². The third kappa shape index (κ3) is 3.49. The zero-order valence-corrected chi connectivity index (χ0v) is 16.0. The Labute approximate surface area is 168 Å². The number of ether oxygens (including phenoxy) is 2. The molecule has 7 nitrogen and oxygen atoms in total. The topological polar surface area (TPSA) is 98.9 Å². The van der Waals surface area contributed by atoms with Crippen molar-refractivity contribution in [1.82, 2.24) is 4.90 Å². The summed E-state index contributed by atoms with van der Waals surface area (Å²) in [5, 5.41) is 0. The molecule has 1 saturated heterocycles. The van der Waals surface area contributed by atoms with E-state index in [9.17, 15) is 14.4 Å². The summed E-state index contributed by atoms with van der Waals surface area (Å²) in [5.74, 6) is -1.64. The summed E-state index contributed by atoms with van der Waals surface area (Å²) in [7, 11) is 0. The second-order valence-electron chi connectivity index (χ2n) is 7.31. The molecule has 0 aromatic heterocycles. The van der Waals surface area contributed by atoms with Crippen LogP contribution in [-0.4, -0.2) is 48.2 Å². The van der Waals surface area contributed by atoms with Gasteiger partial charge < -0.3 is 15.2 Å². The molecule has 0 spiro atoms. The molecule has 1 amide bonds. The van der Waals surface area contributed by atoms with Crippen molar-refractivity contribution in [1.29, 1.82) is 0 Å². The summed E-state index contributed by atoms with van der Waals surface area (Å²) in [5.41, 5.74) is 10.4. The quantitative estimate of drug-likeness (QED) is 0.634. The van der Waals surface area contributed by atoms with E-state index >= 15 is 0 Å². The van der Waals surface area contributed by atoms with Crippen molar-refractivity contribution in [2.45, 2.75) is 31.3 Å². The lowest BCUT2D eigenvalue weighted by Crippen LogP contribution is -2.49. The van der Waals surface area contributed by atoms with E-state index < -0.39 is 30.1 Å². The third-order valence-corrected chi connectivity index (χ3v) is 5.50. The Balaban J connectivity index is 1.50. The molecule has 2 unspecified atom stereocenters. The first-order valence-electron chi connectivity index (χ1n) is 9.57. The van der Waals surface area contributed by atoms with Gasteiger partial charge in [-0.3, -0.25) is 9.69 Å². The number of benzene rings is 2. The molecule has 7 heteroatoms. The normalized spacial score (nSPS) is 20.1. The number of rotatable bonds is 3. The molecule has 0 bridgehead atoms. The van der Waals surface area contributed by atoms with Crippen molar-refractivity contribution < 1.29 is 23.9 Å². The highest BCUT2D eigenvalue weighted by Crippen LogP contribution is 2.44. The molecule has 0 saturated carbocycles. The van der Waals surface area contributed by atoms with Crippen LogP contribution in [0.2, 0.25) is 0 Å². The SMILES string of the molecule is CC(=O)OC(=O)C1C(N)CCN1C(=O)OCC1c2ccccc2-c2ccccc21. The second kappa shape index (κ2) is 7.67. The van der Waals surface area contributed by atoms with Gasteiger partial charge in [-0.15, -0.1) is 0 Å². The highest BCUT2D eigenvalue weighted by Gasteiger charge is 2.43. The fourth-order valence-corrected chi connectivity index (χ4v) is 4.20. The van der Waals surface area contributed by atoms with Gasteiger partial charge >= 0.3 is 18.0 Å². The molecule has 1 aliphatic heterocycles. The van der Waals surface area contributed by atoms with Gasteiger partial charge in [-0.1, -0.05) is 48.5 Å². The fourth-order valence-electron chi connectivity index (χ4n) is 4.20. The Morgan fingerprint density at radius 2 is 1.62 bits per heavy atom. The average Bonchev–Trinajstić information content (AvgIpc) is 3.24. The predicted octanol–water partition coefficient (Wildman–Crippen LogP) is 2.43. The van der Waals surface area contributed by atoms with Crippen LogP contribution >= 0.6 is 0 Å². The zero-order chi connectivity index (χ0) is 20.5. The van der Waals surface area contributed by atoms with Crippen LogP contribution in [0.1, 0.15) is 30.4 Å². The van der Waals surface area contributed by atoms with Gasteiger partial charge in [0.15, 0.2) is 0 Å². The number of likely N-dealkylation sites (tertiary alicyclic amines) is 1. The lowest BCUT2D eigenvalue weighted by atomic mass is 9.98. The number of fused-ring (bicyclic) bond motifs is 3. The Morgan fingerprint density at radius 1 is 1.03 bits per heavy atom. The fraction of sp³-hybridized carbons (Fsp3) is 0.318. The first-order valence-corrected chi connectivity index (χ1v) is 9.57. The molecule has 0 radical (unpaired) electrons. The zero-order valence-electron chi connectivity index (χ0n) is 16.0. The molecule has 2 atom stereocenters. The summed E-state index contributed by atoms with van der Waals surface area (Å²) in [4.78, 5) is 37.3. The average molecular weight is 394 g/mol. The van der Waals surface area contributed by atoms with Crippen molar-refractivity contribution in [3.8, 4) is 11.1 Å². The van der Waals surface area contributed by atoms with Crippen LogP contribution in [0.15, 0.2) is 48.5 Å². The second-order valence-corrected chi connectivity index (χ2v) is 7.31. The summed E-state index contributed by atoms with van der Waals surface area (Å²) >= 11 is 0. The molecule has 1 fully saturated rings.